The van der Waals surface area contributed by atoms with E-state index in [-0.39, 0.29) is 11.6 Å². The summed E-state index contributed by atoms with van der Waals surface area (Å²) in [5, 5.41) is 2.62. The summed E-state index contributed by atoms with van der Waals surface area (Å²) in [5.74, 6) is -0.0300. The Morgan fingerprint density at radius 2 is 1.50 bits per heavy atom. The number of alkyl halides is 3. The topological polar surface area (TPSA) is 64.1 Å². The zero-order valence-electron chi connectivity index (χ0n) is 15.0. The second-order valence-electron chi connectivity index (χ2n) is 6.09. The molecule has 0 saturated carbocycles. The van der Waals surface area contributed by atoms with Crippen LogP contribution in [0.3, 0.4) is 0 Å². The maximum absolute atomic E-state index is 12.6. The normalized spacial score (nSPS) is 11.2. The first-order chi connectivity index (χ1) is 13.2. The van der Waals surface area contributed by atoms with Gasteiger partial charge < -0.3 is 10.1 Å². The molecule has 0 spiro atoms. The minimum Gasteiger partial charge on any atom is -0.424 e. The quantitative estimate of drug-likeness (QED) is 0.672. The zero-order chi connectivity index (χ0) is 20.3. The predicted molar refractivity (Wildman–Crippen MR) is 97.4 cm³/mol. The number of aromatic nitrogens is 2. The van der Waals surface area contributed by atoms with E-state index in [1.807, 2.05) is 19.9 Å². The van der Waals surface area contributed by atoms with Crippen molar-refractivity contribution in [1.29, 1.82) is 0 Å². The van der Waals surface area contributed by atoms with Gasteiger partial charge in [-0.05, 0) is 68.4 Å². The molecule has 0 bridgehead atoms. The van der Waals surface area contributed by atoms with Gasteiger partial charge in [0.15, 0.2) is 0 Å². The molecule has 1 heterocycles. The molecule has 0 aliphatic heterocycles. The Morgan fingerprint density at radius 1 is 0.929 bits per heavy atom. The molecule has 0 atom stereocenters. The van der Waals surface area contributed by atoms with E-state index in [2.05, 4.69) is 15.3 Å². The maximum Gasteiger partial charge on any atom is 0.416 e. The number of hydrogen-bond acceptors (Lipinski definition) is 4. The smallest absolute Gasteiger partial charge is 0.416 e. The van der Waals surface area contributed by atoms with Gasteiger partial charge in [0.05, 0.1) is 5.56 Å². The molecule has 1 amide bonds. The average Bonchev–Trinajstić information content (AvgIpc) is 2.62. The molecular formula is C20H16F3N3O2. The van der Waals surface area contributed by atoms with Crippen LogP contribution in [0.1, 0.15) is 27.3 Å². The first-order valence-corrected chi connectivity index (χ1v) is 8.29. The number of anilines is 1. The van der Waals surface area contributed by atoms with Crippen LogP contribution in [-0.2, 0) is 6.18 Å². The monoisotopic (exact) mass is 387 g/mol. The standard InChI is InChI=1S/C20H16F3N3O2/c1-12-11-13(2)25-19(24-12)28-17-9-7-16(8-10-17)26-18(27)14-3-5-15(6-4-14)20(21,22)23/h3-11H,1-2H3,(H,26,27). The summed E-state index contributed by atoms with van der Waals surface area (Å²) < 4.78 is 43.3. The highest BCUT2D eigenvalue weighted by molar-refractivity contribution is 6.04. The molecule has 3 rings (SSSR count). The fraction of sp³-hybridized carbons (Fsp3) is 0.150. The van der Waals surface area contributed by atoms with Crippen LogP contribution in [0.15, 0.2) is 54.6 Å². The van der Waals surface area contributed by atoms with Gasteiger partial charge in [-0.1, -0.05) is 0 Å². The fourth-order valence-corrected chi connectivity index (χ4v) is 2.46. The van der Waals surface area contributed by atoms with Crippen molar-refractivity contribution in [1.82, 2.24) is 9.97 Å². The van der Waals surface area contributed by atoms with Crippen LogP contribution < -0.4 is 10.1 Å². The number of carbonyl (C=O) groups is 1. The summed E-state index contributed by atoms with van der Waals surface area (Å²) in [5.41, 5.74) is 1.35. The van der Waals surface area contributed by atoms with Crippen LogP contribution in [0.4, 0.5) is 18.9 Å². The van der Waals surface area contributed by atoms with Crippen LogP contribution in [0.25, 0.3) is 0 Å². The molecule has 0 fully saturated rings. The van der Waals surface area contributed by atoms with Gasteiger partial charge in [-0.15, -0.1) is 0 Å². The number of nitrogens with zero attached hydrogens (tertiary/aromatic N) is 2. The number of rotatable bonds is 4. The van der Waals surface area contributed by atoms with Crippen molar-refractivity contribution in [2.24, 2.45) is 0 Å². The lowest BCUT2D eigenvalue weighted by molar-refractivity contribution is -0.137. The highest BCUT2D eigenvalue weighted by Gasteiger charge is 2.30. The first kappa shape index (κ1) is 19.3. The van der Waals surface area contributed by atoms with Crippen molar-refractivity contribution >= 4 is 11.6 Å². The Kier molecular flexibility index (Phi) is 5.30. The third-order valence-electron chi connectivity index (χ3n) is 3.76. The van der Waals surface area contributed by atoms with Crippen LogP contribution in [0.5, 0.6) is 11.8 Å². The van der Waals surface area contributed by atoms with Crippen molar-refractivity contribution in [2.75, 3.05) is 5.32 Å². The molecule has 1 aromatic heterocycles. The summed E-state index contributed by atoms with van der Waals surface area (Å²) in [6.45, 7) is 3.67. The second kappa shape index (κ2) is 7.67. The Bertz CT molecular complexity index is 965. The Morgan fingerprint density at radius 3 is 2.04 bits per heavy atom. The van der Waals surface area contributed by atoms with Gasteiger partial charge in [-0.25, -0.2) is 9.97 Å². The third kappa shape index (κ3) is 4.85. The van der Waals surface area contributed by atoms with Crippen molar-refractivity contribution in [2.45, 2.75) is 20.0 Å². The minimum absolute atomic E-state index is 0.122. The third-order valence-corrected chi connectivity index (χ3v) is 3.76. The molecule has 0 radical (unpaired) electrons. The lowest BCUT2D eigenvalue weighted by Gasteiger charge is -2.09. The second-order valence-corrected chi connectivity index (χ2v) is 6.09. The van der Waals surface area contributed by atoms with Gasteiger partial charge in [-0.3, -0.25) is 4.79 Å². The van der Waals surface area contributed by atoms with Crippen LogP contribution in [0.2, 0.25) is 0 Å². The van der Waals surface area contributed by atoms with Gasteiger partial charge in [0.2, 0.25) is 0 Å². The molecule has 0 saturated heterocycles. The Labute approximate surface area is 159 Å². The van der Waals surface area contributed by atoms with E-state index in [0.717, 1.165) is 35.7 Å². The Hall–Kier alpha value is -3.42. The first-order valence-electron chi connectivity index (χ1n) is 8.29. The highest BCUT2D eigenvalue weighted by Crippen LogP contribution is 2.29. The molecular weight excluding hydrogens is 371 g/mol. The van der Waals surface area contributed by atoms with Gasteiger partial charge in [-0.2, -0.15) is 13.2 Å². The van der Waals surface area contributed by atoms with Gasteiger partial charge in [0.25, 0.3) is 5.91 Å². The largest absolute Gasteiger partial charge is 0.424 e. The number of ether oxygens (including phenoxy) is 1. The van der Waals surface area contributed by atoms with Gasteiger partial charge in [0, 0.05) is 22.6 Å². The van der Waals surface area contributed by atoms with E-state index in [1.165, 1.54) is 0 Å². The molecule has 1 N–H and O–H groups in total. The Balaban J connectivity index is 1.66. The lowest BCUT2D eigenvalue weighted by atomic mass is 10.1. The van der Waals surface area contributed by atoms with E-state index in [4.69, 9.17) is 4.74 Å². The van der Waals surface area contributed by atoms with Crippen LogP contribution >= 0.6 is 0 Å². The van der Waals surface area contributed by atoms with Crippen molar-refractivity contribution in [3.8, 4) is 11.8 Å². The van der Waals surface area contributed by atoms with Crippen LogP contribution in [0, 0.1) is 13.8 Å². The van der Waals surface area contributed by atoms with Crippen LogP contribution in [-0.4, -0.2) is 15.9 Å². The number of nitrogens with one attached hydrogen (secondary N) is 1. The summed E-state index contributed by atoms with van der Waals surface area (Å²) in [7, 11) is 0. The molecule has 28 heavy (non-hydrogen) atoms. The van der Waals surface area contributed by atoms with Crippen molar-refractivity contribution in [3.05, 3.63) is 77.1 Å². The summed E-state index contributed by atoms with van der Waals surface area (Å²) in [6.07, 6.45) is -4.44. The number of carbonyl (C=O) groups excluding carboxylic acids is 1. The summed E-state index contributed by atoms with van der Waals surface area (Å²) in [4.78, 5) is 20.5. The van der Waals surface area contributed by atoms with E-state index < -0.39 is 17.6 Å². The van der Waals surface area contributed by atoms with E-state index in [1.54, 1.807) is 24.3 Å². The number of hydrogen-bond donors (Lipinski definition) is 1. The SMILES string of the molecule is Cc1cc(C)nc(Oc2ccc(NC(=O)c3ccc(C(F)(F)F)cc3)cc2)n1. The maximum atomic E-state index is 12.6. The molecule has 0 aliphatic carbocycles. The highest BCUT2D eigenvalue weighted by atomic mass is 19.4. The predicted octanol–water partition coefficient (Wildman–Crippen LogP) is 5.16. The zero-order valence-corrected chi connectivity index (χ0v) is 15.0. The lowest BCUT2D eigenvalue weighted by Crippen LogP contribution is -2.12. The van der Waals surface area contributed by atoms with Crippen molar-refractivity contribution < 1.29 is 22.7 Å². The molecule has 0 unspecified atom stereocenters. The average molecular weight is 387 g/mol. The molecule has 0 aliphatic rings. The molecule has 8 heteroatoms. The molecule has 144 valence electrons. The van der Waals surface area contributed by atoms with E-state index in [0.29, 0.717) is 11.4 Å². The minimum atomic E-state index is -4.44. The van der Waals surface area contributed by atoms with Crippen molar-refractivity contribution in [3.63, 3.8) is 0 Å². The molecule has 2 aromatic carbocycles. The van der Waals surface area contributed by atoms with E-state index in [9.17, 15) is 18.0 Å². The number of halogens is 3. The summed E-state index contributed by atoms with van der Waals surface area (Å²) >= 11 is 0. The number of benzene rings is 2. The molecule has 5 nitrogen and oxygen atoms in total. The van der Waals surface area contributed by atoms with Gasteiger partial charge in [0.1, 0.15) is 5.75 Å². The van der Waals surface area contributed by atoms with Gasteiger partial charge >= 0.3 is 12.2 Å². The number of amides is 1. The molecule has 3 aromatic rings. The fourth-order valence-electron chi connectivity index (χ4n) is 2.46. The number of aryl methyl sites for hydroxylation is 2. The van der Waals surface area contributed by atoms with E-state index >= 15 is 0 Å². The summed E-state index contributed by atoms with van der Waals surface area (Å²) in [6, 6.07) is 12.5.